The lowest BCUT2D eigenvalue weighted by Crippen LogP contribution is -2.44. The second-order valence-corrected chi connectivity index (χ2v) is 10.7. The van der Waals surface area contributed by atoms with Gasteiger partial charge < -0.3 is 60.5 Å². The molecule has 0 fully saturated rings. The van der Waals surface area contributed by atoms with E-state index in [4.69, 9.17) is 9.47 Å². The minimum atomic E-state index is -1.58. The second kappa shape index (κ2) is 9.86. The fourth-order valence-corrected chi connectivity index (χ4v) is 6.03. The summed E-state index contributed by atoms with van der Waals surface area (Å²) in [6.07, 6.45) is -2.26. The summed E-state index contributed by atoms with van der Waals surface area (Å²) in [5.41, 5.74) is 0.253. The second-order valence-electron chi connectivity index (χ2n) is 10.7. The van der Waals surface area contributed by atoms with E-state index in [0.29, 0.717) is 0 Å². The summed E-state index contributed by atoms with van der Waals surface area (Å²) in [5.74, 6) is -5.42. The van der Waals surface area contributed by atoms with Crippen molar-refractivity contribution in [2.45, 2.75) is 43.2 Å². The number of hydrogen-bond acceptors (Lipinski definition) is 12. The van der Waals surface area contributed by atoms with E-state index in [1.54, 1.807) is 0 Å². The van der Waals surface area contributed by atoms with Crippen LogP contribution in [0.2, 0.25) is 0 Å². The van der Waals surface area contributed by atoms with Gasteiger partial charge in [0.2, 0.25) is 0 Å². The number of rotatable bonds is 3. The van der Waals surface area contributed by atoms with Crippen LogP contribution in [0.4, 0.5) is 0 Å². The normalized spacial score (nSPS) is 26.6. The number of aliphatic hydroxyl groups excluding tert-OH is 4. The highest BCUT2D eigenvalue weighted by Gasteiger charge is 2.46. The Labute approximate surface area is 238 Å². The molecule has 2 heterocycles. The van der Waals surface area contributed by atoms with Gasteiger partial charge in [-0.15, -0.1) is 0 Å². The summed E-state index contributed by atoms with van der Waals surface area (Å²) in [6, 6.07) is 7.02. The Morgan fingerprint density at radius 1 is 0.690 bits per heavy atom. The number of aliphatic hydroxyl groups is 4. The first-order chi connectivity index (χ1) is 19.9. The first kappa shape index (κ1) is 27.2. The third kappa shape index (κ3) is 4.32. The highest BCUT2D eigenvalue weighted by molar-refractivity contribution is 5.65. The topological polar surface area (TPSA) is 221 Å². The molecule has 12 heteroatoms. The van der Waals surface area contributed by atoms with Crippen LogP contribution < -0.4 is 9.47 Å². The van der Waals surface area contributed by atoms with E-state index in [-0.39, 0.29) is 63.9 Å². The molecule has 0 radical (unpaired) electrons. The molecule has 220 valence electrons. The molecule has 42 heavy (non-hydrogen) atoms. The molecule has 1 aliphatic carbocycles. The Bertz CT molecular complexity index is 1640. The Morgan fingerprint density at radius 2 is 1.43 bits per heavy atom. The predicted octanol–water partition coefficient (Wildman–Crippen LogP) is 3.11. The molecule has 6 atom stereocenters. The van der Waals surface area contributed by atoms with E-state index in [1.807, 2.05) is 0 Å². The SMILES string of the molecule is OC1=CCC([C@H]2Oc3c(c(O)cc(O)c3[C@@H]3c4c(O)cc(O)cc4O[C@H](c4ccc(O)c(O)c4)[C@H]3O)C[C@@H]2O)C=C1O. The van der Waals surface area contributed by atoms with E-state index in [1.165, 1.54) is 36.4 Å². The van der Waals surface area contributed by atoms with Gasteiger partial charge >= 0.3 is 0 Å². The monoisotopic (exact) mass is 580 g/mol. The number of ether oxygens (including phenoxy) is 2. The summed E-state index contributed by atoms with van der Waals surface area (Å²) in [6.45, 7) is 0. The molecule has 10 N–H and O–H groups in total. The van der Waals surface area contributed by atoms with E-state index < -0.39 is 65.0 Å². The van der Waals surface area contributed by atoms with Crippen molar-refractivity contribution in [2.75, 3.05) is 0 Å². The smallest absolute Gasteiger partial charge is 0.157 e. The van der Waals surface area contributed by atoms with Gasteiger partial charge in [0, 0.05) is 47.2 Å². The van der Waals surface area contributed by atoms with Gasteiger partial charge in [0.05, 0.1) is 12.0 Å². The number of fused-ring (bicyclic) bond motifs is 2. The Hall–Kier alpha value is -4.94. The molecule has 0 amide bonds. The molecule has 3 aliphatic rings. The summed E-state index contributed by atoms with van der Waals surface area (Å²) in [4.78, 5) is 0. The van der Waals surface area contributed by atoms with Gasteiger partial charge in [-0.3, -0.25) is 0 Å². The molecular formula is C30H28O12. The van der Waals surface area contributed by atoms with E-state index >= 15 is 0 Å². The number of allylic oxidation sites excluding steroid dienone is 1. The summed E-state index contributed by atoms with van der Waals surface area (Å²) in [5, 5.41) is 106. The van der Waals surface area contributed by atoms with E-state index in [0.717, 1.165) is 12.1 Å². The van der Waals surface area contributed by atoms with Crippen molar-refractivity contribution in [2.24, 2.45) is 5.92 Å². The van der Waals surface area contributed by atoms with Crippen LogP contribution in [0.15, 0.2) is 60.1 Å². The van der Waals surface area contributed by atoms with Gasteiger partial charge in [0.25, 0.3) is 0 Å². The predicted molar refractivity (Wildman–Crippen MR) is 144 cm³/mol. The number of phenolic OH excluding ortho intramolecular Hbond substituents is 6. The van der Waals surface area contributed by atoms with Gasteiger partial charge in [-0.25, -0.2) is 0 Å². The van der Waals surface area contributed by atoms with Gasteiger partial charge in [0.1, 0.15) is 46.7 Å². The molecule has 0 saturated carbocycles. The number of aromatic hydroxyl groups is 6. The molecular weight excluding hydrogens is 552 g/mol. The molecule has 0 spiro atoms. The maximum Gasteiger partial charge on any atom is 0.157 e. The van der Waals surface area contributed by atoms with Crippen LogP contribution in [0, 0.1) is 5.92 Å². The number of hydrogen-bond donors (Lipinski definition) is 10. The van der Waals surface area contributed by atoms with Crippen molar-refractivity contribution in [3.8, 4) is 46.0 Å². The summed E-state index contributed by atoms with van der Waals surface area (Å²) < 4.78 is 12.2. The summed E-state index contributed by atoms with van der Waals surface area (Å²) in [7, 11) is 0. The molecule has 2 aliphatic heterocycles. The molecule has 12 nitrogen and oxygen atoms in total. The van der Waals surface area contributed by atoms with Gasteiger partial charge in [-0.1, -0.05) is 6.07 Å². The van der Waals surface area contributed by atoms with Crippen LogP contribution in [0.3, 0.4) is 0 Å². The van der Waals surface area contributed by atoms with Crippen molar-refractivity contribution in [3.63, 3.8) is 0 Å². The van der Waals surface area contributed by atoms with Crippen molar-refractivity contribution in [1.29, 1.82) is 0 Å². The van der Waals surface area contributed by atoms with E-state index in [9.17, 15) is 51.1 Å². The number of phenols is 6. The van der Waals surface area contributed by atoms with Crippen LogP contribution in [0.25, 0.3) is 0 Å². The standard InChI is InChI=1S/C30H28O12/c31-13-7-20(37)24-23(8-13)41-29(12-2-4-16(33)19(36)6-12)27(40)26(24)25-21(38)10-17(34)14-9-22(39)28(42-30(14)25)11-1-3-15(32)18(35)5-11/h2-8,10-11,22,26-29,31-40H,1,9H2/t11?,22-,26-,27-,28+,29+/m0/s1. The third-order valence-corrected chi connectivity index (χ3v) is 8.02. The van der Waals surface area contributed by atoms with Crippen molar-refractivity contribution in [3.05, 3.63) is 82.3 Å². The lowest BCUT2D eigenvalue weighted by Gasteiger charge is -2.41. The van der Waals surface area contributed by atoms with Crippen molar-refractivity contribution in [1.82, 2.24) is 0 Å². The molecule has 0 bridgehead atoms. The largest absolute Gasteiger partial charge is 0.508 e. The summed E-state index contributed by atoms with van der Waals surface area (Å²) >= 11 is 0. The number of benzene rings is 3. The van der Waals surface area contributed by atoms with Crippen LogP contribution in [-0.4, -0.2) is 69.4 Å². The van der Waals surface area contributed by atoms with Crippen molar-refractivity contribution < 1.29 is 60.5 Å². The van der Waals surface area contributed by atoms with Crippen LogP contribution in [0.5, 0.6) is 46.0 Å². The molecule has 1 unspecified atom stereocenters. The first-order valence-electron chi connectivity index (χ1n) is 13.1. The molecule has 3 aromatic carbocycles. The van der Waals surface area contributed by atoms with Gasteiger partial charge in [-0.2, -0.15) is 0 Å². The van der Waals surface area contributed by atoms with Crippen LogP contribution in [0.1, 0.15) is 40.7 Å². The lowest BCUT2D eigenvalue weighted by molar-refractivity contribution is -0.00952. The average Bonchev–Trinajstić information content (AvgIpc) is 2.93. The van der Waals surface area contributed by atoms with E-state index in [2.05, 4.69) is 0 Å². The third-order valence-electron chi connectivity index (χ3n) is 8.02. The zero-order valence-electron chi connectivity index (χ0n) is 21.8. The maximum absolute atomic E-state index is 11.8. The Morgan fingerprint density at radius 3 is 2.14 bits per heavy atom. The lowest BCUT2D eigenvalue weighted by atomic mass is 9.77. The van der Waals surface area contributed by atoms with Crippen LogP contribution in [-0.2, 0) is 6.42 Å². The zero-order chi connectivity index (χ0) is 30.0. The first-order valence-corrected chi connectivity index (χ1v) is 13.1. The molecule has 0 aromatic heterocycles. The Balaban J connectivity index is 1.52. The molecule has 3 aromatic rings. The maximum atomic E-state index is 11.8. The fourth-order valence-electron chi connectivity index (χ4n) is 6.03. The van der Waals surface area contributed by atoms with Gasteiger partial charge in [0.15, 0.2) is 29.1 Å². The highest BCUT2D eigenvalue weighted by Crippen LogP contribution is 2.56. The molecule has 6 rings (SSSR count). The van der Waals surface area contributed by atoms with Crippen molar-refractivity contribution >= 4 is 0 Å². The Kier molecular flexibility index (Phi) is 6.39. The average molecular weight is 581 g/mol. The molecule has 0 saturated heterocycles. The minimum Gasteiger partial charge on any atom is -0.508 e. The van der Waals surface area contributed by atoms with Gasteiger partial charge in [-0.05, 0) is 36.3 Å². The fraction of sp³-hybridized carbons (Fsp3) is 0.267. The highest BCUT2D eigenvalue weighted by atomic mass is 16.5. The zero-order valence-corrected chi connectivity index (χ0v) is 21.8. The quantitative estimate of drug-likeness (QED) is 0.202. The minimum absolute atomic E-state index is 0.0166. The van der Waals surface area contributed by atoms with Crippen LogP contribution >= 0.6 is 0 Å².